The Bertz CT molecular complexity index is 483. The van der Waals surface area contributed by atoms with E-state index in [0.717, 1.165) is 40.6 Å². The second-order valence-electron chi connectivity index (χ2n) is 3.73. The van der Waals surface area contributed by atoms with E-state index < -0.39 is 0 Å². The maximum atomic E-state index is 4.52. The van der Waals surface area contributed by atoms with Gasteiger partial charge in [0.15, 0.2) is 5.13 Å². The van der Waals surface area contributed by atoms with Gasteiger partial charge in [0.25, 0.3) is 0 Å². The molecule has 0 spiro atoms. The molecular weight excluding hydrogens is 312 g/mol. The molecule has 2 aromatic rings. The predicted molar refractivity (Wildman–Crippen MR) is 79.6 cm³/mol. The number of thiazole rings is 1. The number of pyridine rings is 1. The topological polar surface area (TPSA) is 49.8 Å². The quantitative estimate of drug-likeness (QED) is 0.800. The van der Waals surface area contributed by atoms with Crippen molar-refractivity contribution in [2.45, 2.75) is 13.3 Å². The minimum absolute atomic E-state index is 0.811. The average molecular weight is 327 g/mol. The molecule has 0 saturated heterocycles. The van der Waals surface area contributed by atoms with Crippen LogP contribution in [0.1, 0.15) is 12.6 Å². The number of hydrogen-bond donors (Lipinski definition) is 2. The molecule has 0 saturated carbocycles. The van der Waals surface area contributed by atoms with Crippen molar-refractivity contribution in [2.75, 3.05) is 18.4 Å². The van der Waals surface area contributed by atoms with Crippen molar-refractivity contribution in [3.05, 3.63) is 33.9 Å². The van der Waals surface area contributed by atoms with Crippen LogP contribution in [0.5, 0.6) is 0 Å². The Morgan fingerprint density at radius 3 is 3.00 bits per heavy atom. The van der Waals surface area contributed by atoms with Gasteiger partial charge in [-0.1, -0.05) is 6.92 Å². The number of likely N-dealkylation sites (N-methyl/N-ethyl adjacent to an activating group) is 1. The fourth-order valence-electron chi connectivity index (χ4n) is 1.43. The molecule has 2 aromatic heterocycles. The molecular formula is C12H15BrN4S. The van der Waals surface area contributed by atoms with E-state index in [1.54, 1.807) is 17.5 Å². The Kier molecular flexibility index (Phi) is 5.10. The van der Waals surface area contributed by atoms with Crippen LogP contribution in [0, 0.1) is 0 Å². The maximum Gasteiger partial charge on any atom is 0.188 e. The Labute approximate surface area is 119 Å². The smallest absolute Gasteiger partial charge is 0.188 e. The van der Waals surface area contributed by atoms with Crippen molar-refractivity contribution >= 4 is 38.2 Å². The molecule has 2 N–H and O–H groups in total. The van der Waals surface area contributed by atoms with Crippen molar-refractivity contribution in [3.8, 4) is 0 Å². The molecule has 6 heteroatoms. The Morgan fingerprint density at radius 1 is 1.39 bits per heavy atom. The second kappa shape index (κ2) is 6.82. The average Bonchev–Trinajstić information content (AvgIpc) is 2.80. The first-order chi connectivity index (χ1) is 8.78. The van der Waals surface area contributed by atoms with Gasteiger partial charge in [-0.25, -0.2) is 9.97 Å². The Balaban J connectivity index is 1.91. The molecule has 0 aliphatic rings. The minimum atomic E-state index is 0.811. The van der Waals surface area contributed by atoms with Crippen LogP contribution in [0.2, 0.25) is 0 Å². The molecule has 0 atom stereocenters. The third-order valence-electron chi connectivity index (χ3n) is 2.32. The molecule has 0 bridgehead atoms. The zero-order valence-corrected chi connectivity index (χ0v) is 12.5. The van der Waals surface area contributed by atoms with E-state index in [2.05, 4.69) is 48.8 Å². The summed E-state index contributed by atoms with van der Waals surface area (Å²) < 4.78 is 0.971. The summed E-state index contributed by atoms with van der Waals surface area (Å²) in [7, 11) is 0. The predicted octanol–water partition coefficient (Wildman–Crippen LogP) is 3.20. The van der Waals surface area contributed by atoms with Crippen LogP contribution in [-0.2, 0) is 6.42 Å². The van der Waals surface area contributed by atoms with Gasteiger partial charge < -0.3 is 10.6 Å². The van der Waals surface area contributed by atoms with Gasteiger partial charge in [0.05, 0.1) is 5.69 Å². The number of rotatable bonds is 6. The van der Waals surface area contributed by atoms with Crippen molar-refractivity contribution in [1.29, 1.82) is 0 Å². The van der Waals surface area contributed by atoms with Crippen molar-refractivity contribution < 1.29 is 0 Å². The van der Waals surface area contributed by atoms with E-state index in [1.807, 2.05) is 12.1 Å². The van der Waals surface area contributed by atoms with Gasteiger partial charge in [-0.05, 0) is 34.6 Å². The monoisotopic (exact) mass is 326 g/mol. The van der Waals surface area contributed by atoms with E-state index in [1.165, 1.54) is 0 Å². The van der Waals surface area contributed by atoms with Crippen LogP contribution < -0.4 is 10.6 Å². The molecule has 0 aliphatic carbocycles. The van der Waals surface area contributed by atoms with Gasteiger partial charge in [0.1, 0.15) is 5.82 Å². The summed E-state index contributed by atoms with van der Waals surface area (Å²) in [4.78, 5) is 8.77. The molecule has 96 valence electrons. The summed E-state index contributed by atoms with van der Waals surface area (Å²) in [5, 5.41) is 9.45. The van der Waals surface area contributed by atoms with Crippen molar-refractivity contribution in [3.63, 3.8) is 0 Å². The molecule has 4 nitrogen and oxygen atoms in total. The van der Waals surface area contributed by atoms with Gasteiger partial charge in [0, 0.05) is 29.0 Å². The van der Waals surface area contributed by atoms with E-state index in [4.69, 9.17) is 0 Å². The van der Waals surface area contributed by atoms with Gasteiger partial charge in [-0.15, -0.1) is 11.3 Å². The first-order valence-corrected chi connectivity index (χ1v) is 7.49. The number of aromatic nitrogens is 2. The summed E-state index contributed by atoms with van der Waals surface area (Å²) in [5.74, 6) is 0.811. The second-order valence-corrected chi connectivity index (χ2v) is 5.51. The standard InChI is InChI=1S/C12H15BrN4S/c1-2-14-6-5-10-8-18-12(16-10)17-11-4-3-9(13)7-15-11/h3-4,7-8,14H,2,5-6H2,1H3,(H,15,16,17). The van der Waals surface area contributed by atoms with Crippen LogP contribution in [0.4, 0.5) is 10.9 Å². The Morgan fingerprint density at radius 2 is 2.28 bits per heavy atom. The van der Waals surface area contributed by atoms with Crippen molar-refractivity contribution in [2.24, 2.45) is 0 Å². The molecule has 0 unspecified atom stereocenters. The van der Waals surface area contributed by atoms with Gasteiger partial charge in [-0.2, -0.15) is 0 Å². The lowest BCUT2D eigenvalue weighted by Gasteiger charge is -2.01. The molecule has 2 heterocycles. The Hall–Kier alpha value is -0.980. The lowest BCUT2D eigenvalue weighted by atomic mass is 10.3. The molecule has 18 heavy (non-hydrogen) atoms. The molecule has 0 amide bonds. The van der Waals surface area contributed by atoms with Crippen LogP contribution in [-0.4, -0.2) is 23.1 Å². The first-order valence-electron chi connectivity index (χ1n) is 5.81. The molecule has 2 rings (SSSR count). The van der Waals surface area contributed by atoms with Crippen LogP contribution in [0.3, 0.4) is 0 Å². The summed E-state index contributed by atoms with van der Waals surface area (Å²) in [5.41, 5.74) is 1.11. The fourth-order valence-corrected chi connectivity index (χ4v) is 2.42. The number of nitrogens with one attached hydrogen (secondary N) is 2. The lowest BCUT2D eigenvalue weighted by Crippen LogP contribution is -2.16. The summed E-state index contributed by atoms with van der Waals surface area (Å²) >= 11 is 4.96. The highest BCUT2D eigenvalue weighted by Crippen LogP contribution is 2.20. The van der Waals surface area contributed by atoms with Crippen LogP contribution >= 0.6 is 27.3 Å². The minimum Gasteiger partial charge on any atom is -0.317 e. The number of nitrogens with zero attached hydrogens (tertiary/aromatic N) is 2. The van der Waals surface area contributed by atoms with Crippen LogP contribution in [0.15, 0.2) is 28.2 Å². The van der Waals surface area contributed by atoms with Crippen LogP contribution in [0.25, 0.3) is 0 Å². The summed E-state index contributed by atoms with van der Waals surface area (Å²) in [6.45, 7) is 4.07. The number of hydrogen-bond acceptors (Lipinski definition) is 5. The molecule has 0 radical (unpaired) electrons. The fraction of sp³-hybridized carbons (Fsp3) is 0.333. The largest absolute Gasteiger partial charge is 0.317 e. The first kappa shape index (κ1) is 13.5. The third-order valence-corrected chi connectivity index (χ3v) is 3.60. The number of halogens is 1. The zero-order valence-electron chi connectivity index (χ0n) is 10.1. The van der Waals surface area contributed by atoms with Gasteiger partial charge in [-0.3, -0.25) is 0 Å². The normalized spacial score (nSPS) is 10.6. The summed E-state index contributed by atoms with van der Waals surface area (Å²) in [6, 6.07) is 3.87. The SMILES string of the molecule is CCNCCc1csc(Nc2ccc(Br)cn2)n1. The van der Waals surface area contributed by atoms with Gasteiger partial charge in [0.2, 0.25) is 0 Å². The van der Waals surface area contributed by atoms with E-state index >= 15 is 0 Å². The maximum absolute atomic E-state index is 4.52. The highest BCUT2D eigenvalue weighted by Gasteiger charge is 2.02. The highest BCUT2D eigenvalue weighted by molar-refractivity contribution is 9.10. The summed E-state index contributed by atoms with van der Waals surface area (Å²) in [6.07, 6.45) is 2.72. The number of anilines is 2. The lowest BCUT2D eigenvalue weighted by molar-refractivity contribution is 0.710. The highest BCUT2D eigenvalue weighted by atomic mass is 79.9. The zero-order chi connectivity index (χ0) is 12.8. The third kappa shape index (κ3) is 4.04. The van der Waals surface area contributed by atoms with Crippen molar-refractivity contribution in [1.82, 2.24) is 15.3 Å². The molecule has 0 aromatic carbocycles. The van der Waals surface area contributed by atoms with E-state index in [0.29, 0.717) is 0 Å². The van der Waals surface area contributed by atoms with E-state index in [-0.39, 0.29) is 0 Å². The van der Waals surface area contributed by atoms with E-state index in [9.17, 15) is 0 Å². The van der Waals surface area contributed by atoms with Gasteiger partial charge >= 0.3 is 0 Å². The molecule has 0 fully saturated rings. The molecule has 0 aliphatic heterocycles.